The van der Waals surface area contributed by atoms with Crippen LogP contribution in [-0.2, 0) is 23.9 Å². The molecule has 1 aromatic rings. The van der Waals surface area contributed by atoms with Crippen molar-refractivity contribution in [2.75, 3.05) is 18.5 Å². The molecule has 1 amide bonds. The number of nitrogens with one attached hydrogen (secondary N) is 1. The Labute approximate surface area is 140 Å². The van der Waals surface area contributed by atoms with E-state index in [0.717, 1.165) is 18.2 Å². The number of rotatable bonds is 6. The summed E-state index contributed by atoms with van der Waals surface area (Å²) >= 11 is 0. The van der Waals surface area contributed by atoms with Gasteiger partial charge in [0.25, 0.3) is 5.91 Å². The Morgan fingerprint density at radius 2 is 1.76 bits per heavy atom. The van der Waals surface area contributed by atoms with Gasteiger partial charge in [0, 0.05) is 23.9 Å². The zero-order chi connectivity index (χ0) is 18.4. The third kappa shape index (κ3) is 5.44. The van der Waals surface area contributed by atoms with Gasteiger partial charge in [-0.2, -0.15) is 0 Å². The molecule has 25 heavy (non-hydrogen) atoms. The van der Waals surface area contributed by atoms with E-state index in [1.54, 1.807) is 6.92 Å². The van der Waals surface area contributed by atoms with E-state index in [1.165, 1.54) is 12.1 Å². The van der Waals surface area contributed by atoms with E-state index in [2.05, 4.69) is 24.3 Å². The molecule has 0 aromatic heterocycles. The van der Waals surface area contributed by atoms with Crippen LogP contribution >= 0.6 is 0 Å². The number of alkyl halides is 2. The van der Waals surface area contributed by atoms with Gasteiger partial charge in [0.05, 0.1) is 6.61 Å². The van der Waals surface area contributed by atoms with E-state index in [-0.39, 0.29) is 23.8 Å². The molecular formula is C15H13F2NO7. The minimum Gasteiger partial charge on any atom is -0.463 e. The molecule has 1 heterocycles. The zero-order valence-corrected chi connectivity index (χ0v) is 12.9. The number of fused-ring (bicyclic) bond motifs is 1. The van der Waals surface area contributed by atoms with E-state index in [0.29, 0.717) is 0 Å². The summed E-state index contributed by atoms with van der Waals surface area (Å²) < 4.78 is 43.4. The van der Waals surface area contributed by atoms with Gasteiger partial charge in [0.1, 0.15) is 0 Å². The second-order valence-electron chi connectivity index (χ2n) is 4.57. The van der Waals surface area contributed by atoms with E-state index in [9.17, 15) is 23.2 Å². The van der Waals surface area contributed by atoms with Gasteiger partial charge in [-0.05, 0) is 19.1 Å². The van der Waals surface area contributed by atoms with Crippen LogP contribution in [0.3, 0.4) is 0 Å². The molecule has 8 nitrogen and oxygen atoms in total. The van der Waals surface area contributed by atoms with Gasteiger partial charge in [-0.15, -0.1) is 8.78 Å². The van der Waals surface area contributed by atoms with Gasteiger partial charge in [-0.3, -0.25) is 4.79 Å². The molecule has 0 unspecified atom stereocenters. The Balaban J connectivity index is 1.81. The van der Waals surface area contributed by atoms with E-state index >= 15 is 0 Å². The number of hydrogen-bond donors (Lipinski definition) is 1. The smallest absolute Gasteiger partial charge is 0.463 e. The maximum atomic E-state index is 12.9. The number of hydrogen-bond acceptors (Lipinski definition) is 7. The molecule has 2 rings (SSSR count). The number of carbonyl (C=O) groups is 3. The highest BCUT2D eigenvalue weighted by molar-refractivity contribution is 5.95. The van der Waals surface area contributed by atoms with Crippen molar-refractivity contribution in [3.05, 3.63) is 30.4 Å². The van der Waals surface area contributed by atoms with Crippen LogP contribution in [0, 0.1) is 0 Å². The van der Waals surface area contributed by atoms with E-state index in [4.69, 9.17) is 0 Å². The number of ether oxygens (including phenoxy) is 4. The first-order valence-corrected chi connectivity index (χ1v) is 7.00. The highest BCUT2D eigenvalue weighted by Gasteiger charge is 2.43. The molecular weight excluding hydrogens is 344 g/mol. The maximum absolute atomic E-state index is 12.9. The predicted molar refractivity (Wildman–Crippen MR) is 78.0 cm³/mol. The quantitative estimate of drug-likeness (QED) is 0.610. The molecule has 0 aliphatic carbocycles. The lowest BCUT2D eigenvalue weighted by Gasteiger charge is -2.06. The van der Waals surface area contributed by atoms with Crippen LogP contribution in [0.1, 0.15) is 6.92 Å². The summed E-state index contributed by atoms with van der Waals surface area (Å²) in [4.78, 5) is 34.0. The fraction of sp³-hybridized carbons (Fsp3) is 0.267. The Morgan fingerprint density at radius 3 is 2.44 bits per heavy atom. The Morgan fingerprint density at radius 1 is 1.12 bits per heavy atom. The van der Waals surface area contributed by atoms with Crippen molar-refractivity contribution in [3.63, 3.8) is 0 Å². The summed E-state index contributed by atoms with van der Waals surface area (Å²) in [5.41, 5.74) is 0.142. The lowest BCUT2D eigenvalue weighted by Crippen LogP contribution is -2.25. The molecule has 1 aliphatic rings. The van der Waals surface area contributed by atoms with Crippen LogP contribution < -0.4 is 14.8 Å². The third-order valence-corrected chi connectivity index (χ3v) is 2.67. The van der Waals surface area contributed by atoms with Gasteiger partial charge >= 0.3 is 18.2 Å². The topological polar surface area (TPSA) is 100 Å². The molecule has 0 fully saturated rings. The largest absolute Gasteiger partial charge is 0.586 e. The lowest BCUT2D eigenvalue weighted by atomic mass is 10.3. The molecule has 0 atom stereocenters. The Hall–Kier alpha value is -3.17. The fourth-order valence-corrected chi connectivity index (χ4v) is 1.74. The molecule has 0 saturated carbocycles. The van der Waals surface area contributed by atoms with Gasteiger partial charge in [-0.25, -0.2) is 9.59 Å². The van der Waals surface area contributed by atoms with Crippen LogP contribution in [0.5, 0.6) is 11.5 Å². The van der Waals surface area contributed by atoms with Crippen LogP contribution in [0.25, 0.3) is 0 Å². The number of anilines is 1. The summed E-state index contributed by atoms with van der Waals surface area (Å²) in [6.45, 7) is 1.12. The van der Waals surface area contributed by atoms with Crippen molar-refractivity contribution < 1.29 is 42.1 Å². The van der Waals surface area contributed by atoms with Crippen LogP contribution in [0.2, 0.25) is 0 Å². The highest BCUT2D eigenvalue weighted by atomic mass is 19.3. The number of carbonyl (C=O) groups excluding carboxylic acids is 3. The van der Waals surface area contributed by atoms with Crippen LogP contribution in [0.15, 0.2) is 30.4 Å². The standard InChI is InChI=1S/C15H13F2NO7/c1-2-22-13(20)5-6-14(21)23-8-12(19)18-9-3-4-10-11(7-9)25-15(16,17)24-10/h3-7H,2,8H2,1H3,(H,18,19). The predicted octanol–water partition coefficient (Wildman–Crippen LogP) is 1.61. The average Bonchev–Trinajstić information content (AvgIpc) is 2.84. The molecule has 0 radical (unpaired) electrons. The van der Waals surface area contributed by atoms with Crippen molar-refractivity contribution in [1.29, 1.82) is 0 Å². The first kappa shape index (κ1) is 18.2. The second-order valence-corrected chi connectivity index (χ2v) is 4.57. The number of benzene rings is 1. The van der Waals surface area contributed by atoms with Crippen molar-refractivity contribution >= 4 is 23.5 Å². The number of halogens is 2. The van der Waals surface area contributed by atoms with E-state index < -0.39 is 30.7 Å². The van der Waals surface area contributed by atoms with E-state index in [1.807, 2.05) is 0 Å². The molecule has 10 heteroatoms. The average molecular weight is 357 g/mol. The Kier molecular flexibility index (Phi) is 5.52. The van der Waals surface area contributed by atoms with Crippen LogP contribution in [0.4, 0.5) is 14.5 Å². The first-order chi connectivity index (χ1) is 11.8. The van der Waals surface area contributed by atoms with Gasteiger partial charge in [0.15, 0.2) is 18.1 Å². The monoisotopic (exact) mass is 357 g/mol. The number of amides is 1. The molecule has 1 aromatic carbocycles. The molecule has 0 bridgehead atoms. The summed E-state index contributed by atoms with van der Waals surface area (Å²) in [5.74, 6) is -2.77. The summed E-state index contributed by atoms with van der Waals surface area (Å²) in [5, 5.41) is 2.33. The van der Waals surface area contributed by atoms with Crippen molar-refractivity contribution in [2.45, 2.75) is 13.2 Å². The zero-order valence-electron chi connectivity index (χ0n) is 12.9. The second kappa shape index (κ2) is 7.60. The third-order valence-electron chi connectivity index (χ3n) is 2.67. The summed E-state index contributed by atoms with van der Waals surface area (Å²) in [7, 11) is 0. The lowest BCUT2D eigenvalue weighted by molar-refractivity contribution is -0.286. The van der Waals surface area contributed by atoms with Crippen LogP contribution in [-0.4, -0.2) is 37.4 Å². The number of esters is 2. The minimum absolute atomic E-state index is 0.142. The summed E-state index contributed by atoms with van der Waals surface area (Å²) in [6, 6.07) is 3.64. The summed E-state index contributed by atoms with van der Waals surface area (Å²) in [6.07, 6.45) is -2.08. The van der Waals surface area contributed by atoms with Gasteiger partial charge in [0.2, 0.25) is 0 Å². The molecule has 0 spiro atoms. The first-order valence-electron chi connectivity index (χ1n) is 7.00. The van der Waals surface area contributed by atoms with Crippen molar-refractivity contribution in [1.82, 2.24) is 0 Å². The Bertz CT molecular complexity index is 718. The molecule has 1 aliphatic heterocycles. The van der Waals surface area contributed by atoms with Crippen molar-refractivity contribution in [3.8, 4) is 11.5 Å². The normalized spacial score (nSPS) is 14.2. The van der Waals surface area contributed by atoms with Gasteiger partial charge < -0.3 is 24.3 Å². The minimum atomic E-state index is -3.76. The molecule has 1 N–H and O–H groups in total. The maximum Gasteiger partial charge on any atom is 0.586 e. The molecule has 134 valence electrons. The van der Waals surface area contributed by atoms with Crippen molar-refractivity contribution in [2.24, 2.45) is 0 Å². The SMILES string of the molecule is CCOC(=O)C=CC(=O)OCC(=O)Nc1ccc2c(c1)OC(F)(F)O2. The molecule has 0 saturated heterocycles. The van der Waals surface area contributed by atoms with Gasteiger partial charge in [-0.1, -0.05) is 0 Å². The highest BCUT2D eigenvalue weighted by Crippen LogP contribution is 2.42. The fourth-order valence-electron chi connectivity index (χ4n) is 1.74.